The van der Waals surface area contributed by atoms with E-state index >= 15 is 0 Å². The topological polar surface area (TPSA) is 66.1 Å². The molecule has 0 spiro atoms. The Bertz CT molecular complexity index is 747. The average molecular weight is 360 g/mol. The fourth-order valence-electron chi connectivity index (χ4n) is 2.37. The highest BCUT2D eigenvalue weighted by atomic mass is 32.2. The SMILES string of the molecule is COc1ccccc1CN=C(N)SCc1cc(OC)c(OC)cc1C. The van der Waals surface area contributed by atoms with Crippen LogP contribution in [-0.2, 0) is 12.3 Å². The van der Waals surface area contributed by atoms with E-state index in [9.17, 15) is 0 Å². The molecule has 0 heterocycles. The van der Waals surface area contributed by atoms with Gasteiger partial charge in [0.1, 0.15) is 5.75 Å². The van der Waals surface area contributed by atoms with Crippen molar-refractivity contribution in [2.45, 2.75) is 19.2 Å². The number of thioether (sulfide) groups is 1. The Labute approximate surface area is 153 Å². The quantitative estimate of drug-likeness (QED) is 0.601. The van der Waals surface area contributed by atoms with Gasteiger partial charge < -0.3 is 19.9 Å². The summed E-state index contributed by atoms with van der Waals surface area (Å²) in [4.78, 5) is 4.45. The average Bonchev–Trinajstić information content (AvgIpc) is 2.65. The highest BCUT2D eigenvalue weighted by molar-refractivity contribution is 8.13. The van der Waals surface area contributed by atoms with Crippen LogP contribution in [-0.4, -0.2) is 26.5 Å². The molecule has 0 aliphatic carbocycles. The molecule has 2 rings (SSSR count). The lowest BCUT2D eigenvalue weighted by atomic mass is 10.1. The maximum Gasteiger partial charge on any atom is 0.161 e. The van der Waals surface area contributed by atoms with E-state index in [1.165, 1.54) is 11.8 Å². The van der Waals surface area contributed by atoms with Gasteiger partial charge in [-0.3, -0.25) is 4.99 Å². The third kappa shape index (κ3) is 5.06. The molecule has 134 valence electrons. The van der Waals surface area contributed by atoms with Crippen LogP contribution in [0.15, 0.2) is 41.4 Å². The number of methoxy groups -OCH3 is 3. The van der Waals surface area contributed by atoms with Crippen LogP contribution in [0.5, 0.6) is 17.2 Å². The minimum atomic E-state index is 0.494. The third-order valence-electron chi connectivity index (χ3n) is 3.82. The van der Waals surface area contributed by atoms with Gasteiger partial charge in [-0.15, -0.1) is 0 Å². The Morgan fingerprint density at radius 2 is 1.60 bits per heavy atom. The van der Waals surface area contributed by atoms with Gasteiger partial charge in [0, 0.05) is 11.3 Å². The summed E-state index contributed by atoms with van der Waals surface area (Å²) >= 11 is 1.50. The highest BCUT2D eigenvalue weighted by Crippen LogP contribution is 2.32. The first kappa shape index (κ1) is 19.0. The van der Waals surface area contributed by atoms with Crippen molar-refractivity contribution >= 4 is 16.9 Å². The second-order valence-corrected chi connectivity index (χ2v) is 6.38. The molecule has 0 aliphatic rings. The molecule has 0 aliphatic heterocycles. The van der Waals surface area contributed by atoms with Crippen molar-refractivity contribution in [3.05, 3.63) is 53.1 Å². The summed E-state index contributed by atoms with van der Waals surface area (Å²) in [5.41, 5.74) is 9.33. The standard InChI is InChI=1S/C19H24N2O3S/c1-13-9-17(23-3)18(24-4)10-15(13)12-25-19(20)21-11-14-7-5-6-8-16(14)22-2/h5-10H,11-12H2,1-4H3,(H2,20,21). The van der Waals surface area contributed by atoms with E-state index in [0.717, 1.165) is 28.2 Å². The van der Waals surface area contributed by atoms with E-state index in [0.29, 0.717) is 23.2 Å². The molecule has 0 amide bonds. The number of para-hydroxylation sites is 1. The van der Waals surface area contributed by atoms with Crippen molar-refractivity contribution in [3.63, 3.8) is 0 Å². The van der Waals surface area contributed by atoms with Crippen LogP contribution >= 0.6 is 11.8 Å². The van der Waals surface area contributed by atoms with Crippen molar-refractivity contribution in [1.29, 1.82) is 0 Å². The highest BCUT2D eigenvalue weighted by Gasteiger charge is 2.09. The molecule has 0 saturated carbocycles. The van der Waals surface area contributed by atoms with Gasteiger partial charge in [-0.2, -0.15) is 0 Å². The maximum absolute atomic E-state index is 6.05. The zero-order valence-corrected chi connectivity index (χ0v) is 15.9. The molecule has 25 heavy (non-hydrogen) atoms. The normalized spacial score (nSPS) is 11.3. The van der Waals surface area contributed by atoms with Gasteiger partial charge in [-0.1, -0.05) is 30.0 Å². The molecule has 0 unspecified atom stereocenters. The maximum atomic E-state index is 6.05. The van der Waals surface area contributed by atoms with E-state index in [4.69, 9.17) is 19.9 Å². The van der Waals surface area contributed by atoms with Crippen LogP contribution in [0.25, 0.3) is 0 Å². The molecule has 0 radical (unpaired) electrons. The Hall–Kier alpha value is -2.34. The Kier molecular flexibility index (Phi) is 7.01. The van der Waals surface area contributed by atoms with Crippen molar-refractivity contribution in [2.75, 3.05) is 21.3 Å². The van der Waals surface area contributed by atoms with E-state index in [1.807, 2.05) is 43.3 Å². The van der Waals surface area contributed by atoms with Crippen LogP contribution in [0.2, 0.25) is 0 Å². The number of benzene rings is 2. The van der Waals surface area contributed by atoms with Gasteiger partial charge in [0.05, 0.1) is 27.9 Å². The van der Waals surface area contributed by atoms with Gasteiger partial charge in [-0.25, -0.2) is 0 Å². The van der Waals surface area contributed by atoms with Crippen LogP contribution in [0.3, 0.4) is 0 Å². The van der Waals surface area contributed by atoms with E-state index < -0.39 is 0 Å². The zero-order chi connectivity index (χ0) is 18.2. The number of ether oxygens (including phenoxy) is 3. The molecular weight excluding hydrogens is 336 g/mol. The number of amidine groups is 1. The lowest BCUT2D eigenvalue weighted by molar-refractivity contribution is 0.354. The zero-order valence-electron chi connectivity index (χ0n) is 15.0. The van der Waals surface area contributed by atoms with E-state index in [-0.39, 0.29) is 0 Å². The number of rotatable bonds is 7. The molecular formula is C19H24N2O3S. The van der Waals surface area contributed by atoms with Crippen molar-refractivity contribution in [2.24, 2.45) is 10.7 Å². The predicted molar refractivity (Wildman–Crippen MR) is 104 cm³/mol. The summed E-state index contributed by atoms with van der Waals surface area (Å²) in [5, 5.41) is 0.542. The summed E-state index contributed by atoms with van der Waals surface area (Å²) < 4.78 is 16.0. The first-order chi connectivity index (χ1) is 12.1. The lowest BCUT2D eigenvalue weighted by Crippen LogP contribution is -2.08. The van der Waals surface area contributed by atoms with Gasteiger partial charge in [-0.05, 0) is 36.2 Å². The monoisotopic (exact) mass is 360 g/mol. The molecule has 6 heteroatoms. The number of hydrogen-bond donors (Lipinski definition) is 1. The summed E-state index contributed by atoms with van der Waals surface area (Å²) in [5.74, 6) is 2.98. The number of nitrogens with zero attached hydrogens (tertiary/aromatic N) is 1. The Balaban J connectivity index is 2.03. The van der Waals surface area contributed by atoms with Crippen molar-refractivity contribution in [1.82, 2.24) is 0 Å². The summed E-state index contributed by atoms with van der Waals surface area (Å²) in [6.45, 7) is 2.54. The second kappa shape index (κ2) is 9.22. The van der Waals surface area contributed by atoms with Gasteiger partial charge in [0.15, 0.2) is 16.7 Å². The minimum absolute atomic E-state index is 0.494. The second-order valence-electron chi connectivity index (χ2n) is 5.39. The van der Waals surface area contributed by atoms with Gasteiger partial charge in [0.2, 0.25) is 0 Å². The van der Waals surface area contributed by atoms with E-state index in [1.54, 1.807) is 21.3 Å². The molecule has 0 saturated heterocycles. The molecule has 5 nitrogen and oxygen atoms in total. The molecule has 0 atom stereocenters. The predicted octanol–water partition coefficient (Wildman–Crippen LogP) is 3.77. The number of aryl methyl sites for hydroxylation is 1. The summed E-state index contributed by atoms with van der Waals surface area (Å²) in [6.07, 6.45) is 0. The third-order valence-corrected chi connectivity index (χ3v) is 4.70. The van der Waals surface area contributed by atoms with E-state index in [2.05, 4.69) is 4.99 Å². The molecule has 2 aromatic rings. The number of aliphatic imine (C=N–C) groups is 1. The van der Waals surface area contributed by atoms with Gasteiger partial charge in [0.25, 0.3) is 0 Å². The fourth-order valence-corrected chi connectivity index (χ4v) is 3.14. The minimum Gasteiger partial charge on any atom is -0.496 e. The molecule has 0 bridgehead atoms. The van der Waals surface area contributed by atoms with Gasteiger partial charge >= 0.3 is 0 Å². The Morgan fingerprint density at radius 1 is 0.960 bits per heavy atom. The van der Waals surface area contributed by atoms with Crippen LogP contribution < -0.4 is 19.9 Å². The molecule has 0 fully saturated rings. The fraction of sp³-hybridized carbons (Fsp3) is 0.316. The first-order valence-corrected chi connectivity index (χ1v) is 8.83. The smallest absolute Gasteiger partial charge is 0.161 e. The van der Waals surface area contributed by atoms with Crippen molar-refractivity contribution < 1.29 is 14.2 Å². The largest absolute Gasteiger partial charge is 0.496 e. The first-order valence-electron chi connectivity index (χ1n) is 7.85. The molecule has 2 N–H and O–H groups in total. The Morgan fingerprint density at radius 3 is 2.28 bits per heavy atom. The van der Waals surface area contributed by atoms with Crippen LogP contribution in [0.1, 0.15) is 16.7 Å². The molecule has 0 aromatic heterocycles. The van der Waals surface area contributed by atoms with Crippen LogP contribution in [0.4, 0.5) is 0 Å². The summed E-state index contributed by atoms with van der Waals surface area (Å²) in [6, 6.07) is 11.7. The number of hydrogen-bond acceptors (Lipinski definition) is 5. The molecule has 2 aromatic carbocycles. The van der Waals surface area contributed by atoms with Crippen molar-refractivity contribution in [3.8, 4) is 17.2 Å². The summed E-state index contributed by atoms with van der Waals surface area (Å²) in [7, 11) is 4.92. The van der Waals surface area contributed by atoms with Crippen LogP contribution in [0, 0.1) is 6.92 Å². The number of nitrogens with two attached hydrogens (primary N) is 1. The lowest BCUT2D eigenvalue weighted by Gasteiger charge is -2.12.